The number of alkyl halides is 18. The molecule has 0 radical (unpaired) electrons. The number of hydrogen-bond acceptors (Lipinski definition) is 0. The molecule has 0 saturated carbocycles. The topological polar surface area (TPSA) is 0 Å². The quantitative estimate of drug-likeness (QED) is 0.175. The third-order valence-electron chi connectivity index (χ3n) is 7.05. The van der Waals surface area contributed by atoms with Gasteiger partial charge in [0.2, 0.25) is 0 Å². The zero-order chi connectivity index (χ0) is 37.9. The molecule has 0 amide bonds. The summed E-state index contributed by atoms with van der Waals surface area (Å²) in [5, 5.41) is 0. The Kier molecular flexibility index (Phi) is 9.96. The molecule has 0 aliphatic rings. The lowest BCUT2D eigenvalue weighted by atomic mass is 9.78. The normalized spacial score (nSPS) is 13.5. The van der Waals surface area contributed by atoms with Crippen molar-refractivity contribution in [1.82, 2.24) is 0 Å². The Labute approximate surface area is 263 Å². The fourth-order valence-electron chi connectivity index (χ4n) is 5.17. The lowest BCUT2D eigenvalue weighted by molar-refractivity contribution is -0.144. The largest absolute Gasteiger partial charge is 0.417 e. The van der Waals surface area contributed by atoms with Gasteiger partial charge in [0.15, 0.2) is 0 Å². The molecule has 0 aliphatic carbocycles. The van der Waals surface area contributed by atoms with Crippen molar-refractivity contribution in [3.05, 3.63) is 123 Å². The van der Waals surface area contributed by atoms with E-state index in [-0.39, 0.29) is 54.6 Å². The van der Waals surface area contributed by atoms with Gasteiger partial charge in [0, 0.05) is 5.92 Å². The highest BCUT2D eigenvalue weighted by Gasteiger charge is 2.46. The molecule has 3 rings (SSSR count). The van der Waals surface area contributed by atoms with E-state index < -0.39 is 110 Å². The Hall–Kier alpha value is -4.38. The molecule has 18 heteroatoms. The molecule has 0 spiro atoms. The minimum absolute atomic E-state index is 0.0508. The van der Waals surface area contributed by atoms with Crippen LogP contribution in [0.4, 0.5) is 79.0 Å². The van der Waals surface area contributed by atoms with Crippen LogP contribution in [0.25, 0.3) is 18.2 Å². The zero-order valence-corrected chi connectivity index (χ0v) is 23.7. The van der Waals surface area contributed by atoms with E-state index >= 15 is 0 Å². The molecule has 0 nitrogen and oxygen atoms in total. The third-order valence-corrected chi connectivity index (χ3v) is 7.05. The van der Waals surface area contributed by atoms with Crippen molar-refractivity contribution in [2.24, 2.45) is 0 Å². The van der Waals surface area contributed by atoms with Crippen molar-refractivity contribution in [1.29, 1.82) is 0 Å². The van der Waals surface area contributed by atoms with Crippen LogP contribution in [0.5, 0.6) is 0 Å². The van der Waals surface area contributed by atoms with E-state index in [0.29, 0.717) is 0 Å². The summed E-state index contributed by atoms with van der Waals surface area (Å²) in [6.45, 7) is 8.53. The van der Waals surface area contributed by atoms with E-state index in [1.54, 1.807) is 0 Å². The van der Waals surface area contributed by atoms with Gasteiger partial charge >= 0.3 is 37.1 Å². The average molecular weight is 730 g/mol. The Morgan fingerprint density at radius 2 is 0.469 bits per heavy atom. The molecule has 0 bridgehead atoms. The van der Waals surface area contributed by atoms with Crippen LogP contribution in [0.15, 0.2) is 56.1 Å². The number of benzene rings is 3. The van der Waals surface area contributed by atoms with E-state index in [4.69, 9.17) is 0 Å². The molecule has 0 aliphatic heterocycles. The molecule has 0 aromatic heterocycles. The molecule has 0 heterocycles. The van der Waals surface area contributed by atoms with Crippen molar-refractivity contribution in [2.45, 2.75) is 43.0 Å². The fraction of sp³-hybridized carbons (Fsp3) is 0.226. The highest BCUT2D eigenvalue weighted by atomic mass is 19.4. The van der Waals surface area contributed by atoms with Crippen molar-refractivity contribution < 1.29 is 79.0 Å². The lowest BCUT2D eigenvalue weighted by Gasteiger charge is -2.28. The Bertz CT molecular complexity index is 1460. The van der Waals surface area contributed by atoms with E-state index in [0.717, 1.165) is 0 Å². The monoisotopic (exact) mass is 730 g/mol. The van der Waals surface area contributed by atoms with Gasteiger partial charge in [-0.25, -0.2) is 0 Å². The molecule has 0 atom stereocenters. The molecule has 0 N–H and O–H groups in total. The van der Waals surface area contributed by atoms with Crippen molar-refractivity contribution >= 4 is 18.2 Å². The summed E-state index contributed by atoms with van der Waals surface area (Å²) >= 11 is 0. The molecule has 3 aromatic carbocycles. The van der Waals surface area contributed by atoms with Crippen LogP contribution >= 0.6 is 0 Å². The van der Waals surface area contributed by atoms with Crippen LogP contribution in [0, 0.1) is 0 Å². The summed E-state index contributed by atoms with van der Waals surface area (Å²) in [5.74, 6) is -3.00. The second-order valence-electron chi connectivity index (χ2n) is 10.1. The predicted molar refractivity (Wildman–Crippen MR) is 141 cm³/mol. The molecule has 266 valence electrons. The third kappa shape index (κ3) is 7.93. The predicted octanol–water partition coefficient (Wildman–Crippen LogP) is 12.9. The minimum Gasteiger partial charge on any atom is -0.166 e. The van der Waals surface area contributed by atoms with E-state index in [1.807, 2.05) is 0 Å². The average Bonchev–Trinajstić information content (AvgIpc) is 2.93. The highest BCUT2D eigenvalue weighted by Crippen LogP contribution is 2.49. The van der Waals surface area contributed by atoms with Crippen LogP contribution < -0.4 is 0 Å². The molecule has 0 fully saturated rings. The molecule has 3 aromatic rings. The van der Waals surface area contributed by atoms with Gasteiger partial charge in [0.05, 0.1) is 33.4 Å². The summed E-state index contributed by atoms with van der Waals surface area (Å²) in [7, 11) is 0. The maximum absolute atomic E-state index is 14.1. The highest BCUT2D eigenvalue weighted by molar-refractivity contribution is 5.66. The lowest BCUT2D eigenvalue weighted by Crippen LogP contribution is -2.20. The van der Waals surface area contributed by atoms with Gasteiger partial charge < -0.3 is 0 Å². The maximum Gasteiger partial charge on any atom is 0.417 e. The van der Waals surface area contributed by atoms with Gasteiger partial charge in [-0.3, -0.25) is 0 Å². The van der Waals surface area contributed by atoms with Gasteiger partial charge in [-0.15, -0.1) is 0 Å². The van der Waals surface area contributed by atoms with Gasteiger partial charge in [0.25, 0.3) is 0 Å². The van der Waals surface area contributed by atoms with Crippen molar-refractivity contribution in [3.8, 4) is 0 Å². The second kappa shape index (κ2) is 12.5. The van der Waals surface area contributed by atoms with E-state index in [1.165, 1.54) is 0 Å². The summed E-state index contributed by atoms with van der Waals surface area (Å²) < 4.78 is 254. The van der Waals surface area contributed by atoms with Gasteiger partial charge in [0.1, 0.15) is 0 Å². The SMILES string of the molecule is C=Cc1c(C(F)(F)F)cc(C(c2cc(C(F)(F)F)c(C=C)c(C(F)(F)F)c2)c2cc(C(F)(F)F)c(C=C)c(C(F)(F)F)c2)cc1C(F)(F)F. The van der Waals surface area contributed by atoms with E-state index in [9.17, 15) is 79.0 Å². The molecule has 49 heavy (non-hydrogen) atoms. The van der Waals surface area contributed by atoms with Crippen LogP contribution in [0.3, 0.4) is 0 Å². The smallest absolute Gasteiger partial charge is 0.166 e. The first-order valence-corrected chi connectivity index (χ1v) is 12.8. The van der Waals surface area contributed by atoms with Gasteiger partial charge in [-0.1, -0.05) is 38.0 Å². The fourth-order valence-corrected chi connectivity index (χ4v) is 5.17. The minimum atomic E-state index is -5.79. The number of hydrogen-bond donors (Lipinski definition) is 0. The first-order chi connectivity index (χ1) is 22.0. The van der Waals surface area contributed by atoms with Crippen LogP contribution in [0.2, 0.25) is 0 Å². The van der Waals surface area contributed by atoms with Gasteiger partial charge in [-0.2, -0.15) is 79.0 Å². The van der Waals surface area contributed by atoms with Crippen molar-refractivity contribution in [2.75, 3.05) is 0 Å². The molecule has 0 saturated heterocycles. The van der Waals surface area contributed by atoms with Gasteiger partial charge in [-0.05, 0) is 69.8 Å². The zero-order valence-electron chi connectivity index (χ0n) is 23.7. The summed E-state index contributed by atoms with van der Waals surface area (Å²) in [6, 6.07) is -1.50. The molecular weight excluding hydrogens is 714 g/mol. The summed E-state index contributed by atoms with van der Waals surface area (Å²) in [6.07, 6.45) is -34.6. The number of halogens is 18. The summed E-state index contributed by atoms with van der Waals surface area (Å²) in [5.41, 5.74) is -23.4. The summed E-state index contributed by atoms with van der Waals surface area (Å²) in [4.78, 5) is 0. The standard InChI is InChI=1S/C31H16F18/c1-4-16-19(26(32,33)34)7-13(8-20(16)27(35,36)37)25(14-9-21(28(38,39)40)17(5-2)22(10-14)29(41,42)43)15-11-23(30(44,45)46)18(6-3)24(12-15)31(47,48)49/h4-12,25H,1-3H2. The van der Waals surface area contributed by atoms with E-state index in [2.05, 4.69) is 19.7 Å². The Morgan fingerprint density at radius 3 is 0.571 bits per heavy atom. The van der Waals surface area contributed by atoms with Crippen LogP contribution in [-0.4, -0.2) is 0 Å². The second-order valence-corrected chi connectivity index (χ2v) is 10.1. The molecular formula is C31H16F18. The number of rotatable bonds is 6. The first-order valence-electron chi connectivity index (χ1n) is 12.8. The Balaban J connectivity index is 2.80. The Morgan fingerprint density at radius 1 is 0.327 bits per heavy atom. The molecule has 0 unspecified atom stereocenters. The maximum atomic E-state index is 14.1. The van der Waals surface area contributed by atoms with Crippen LogP contribution in [0.1, 0.15) is 72.7 Å². The van der Waals surface area contributed by atoms with Crippen molar-refractivity contribution in [3.63, 3.8) is 0 Å². The van der Waals surface area contributed by atoms with Crippen LogP contribution in [-0.2, 0) is 37.1 Å². The first kappa shape index (κ1) is 39.1.